The van der Waals surface area contributed by atoms with E-state index in [0.29, 0.717) is 17.0 Å². The molecule has 1 nitrogen and oxygen atoms in total. The topological polar surface area (TPSA) is 23.8 Å². The number of allylic oxidation sites excluding steroid dienone is 1. The molecule has 0 aliphatic carbocycles. The first kappa shape index (κ1) is 8.83. The van der Waals surface area contributed by atoms with E-state index in [1.165, 1.54) is 0 Å². The van der Waals surface area contributed by atoms with Gasteiger partial charge >= 0.3 is 0 Å². The first-order chi connectivity index (χ1) is 5.74. The van der Waals surface area contributed by atoms with Gasteiger partial charge in [0, 0.05) is 11.5 Å². The minimum Gasteiger partial charge on any atom is -0.192 e. The SMILES string of the molecule is C=C(Cl)Cc1ccccc1C#N. The molecule has 0 saturated carbocycles. The molecule has 1 rings (SSSR count). The van der Waals surface area contributed by atoms with Crippen molar-refractivity contribution in [3.05, 3.63) is 47.0 Å². The molecule has 0 aliphatic rings. The highest BCUT2D eigenvalue weighted by molar-refractivity contribution is 6.29. The Labute approximate surface area is 76.9 Å². The lowest BCUT2D eigenvalue weighted by molar-refractivity contribution is 1.23. The molecular weight excluding hydrogens is 170 g/mol. The number of nitriles is 1. The van der Waals surface area contributed by atoms with Crippen LogP contribution in [0.15, 0.2) is 35.9 Å². The molecule has 2 heteroatoms. The van der Waals surface area contributed by atoms with Gasteiger partial charge in [-0.2, -0.15) is 5.26 Å². The summed E-state index contributed by atoms with van der Waals surface area (Å²) in [7, 11) is 0. The zero-order chi connectivity index (χ0) is 8.97. The highest BCUT2D eigenvalue weighted by Gasteiger charge is 2.00. The summed E-state index contributed by atoms with van der Waals surface area (Å²) in [5.41, 5.74) is 1.60. The van der Waals surface area contributed by atoms with Crippen molar-refractivity contribution in [2.45, 2.75) is 6.42 Å². The molecule has 1 aromatic rings. The largest absolute Gasteiger partial charge is 0.192 e. The standard InChI is InChI=1S/C10H8ClN/c1-8(11)6-9-4-2-3-5-10(9)7-12/h2-5H,1,6H2. The van der Waals surface area contributed by atoms with Gasteiger partial charge in [0.05, 0.1) is 11.6 Å². The second-order valence-corrected chi connectivity index (χ2v) is 3.00. The predicted octanol–water partition coefficient (Wildman–Crippen LogP) is 2.85. The van der Waals surface area contributed by atoms with Crippen LogP contribution in [0.25, 0.3) is 0 Å². The Morgan fingerprint density at radius 1 is 1.50 bits per heavy atom. The van der Waals surface area contributed by atoms with E-state index >= 15 is 0 Å². The summed E-state index contributed by atoms with van der Waals surface area (Å²) < 4.78 is 0. The van der Waals surface area contributed by atoms with Crippen molar-refractivity contribution in [3.8, 4) is 6.07 Å². The average Bonchev–Trinajstić information content (AvgIpc) is 2.04. The third-order valence-corrected chi connectivity index (χ3v) is 1.65. The summed E-state index contributed by atoms with van der Waals surface area (Å²) in [6, 6.07) is 9.47. The molecular formula is C10H8ClN. The van der Waals surface area contributed by atoms with Crippen molar-refractivity contribution in [2.75, 3.05) is 0 Å². The molecule has 0 spiro atoms. The number of hydrogen-bond donors (Lipinski definition) is 0. The summed E-state index contributed by atoms with van der Waals surface area (Å²) in [6.07, 6.45) is 0.561. The Morgan fingerprint density at radius 2 is 2.17 bits per heavy atom. The second-order valence-electron chi connectivity index (χ2n) is 2.46. The lowest BCUT2D eigenvalue weighted by atomic mass is 10.1. The van der Waals surface area contributed by atoms with Gasteiger partial charge < -0.3 is 0 Å². The van der Waals surface area contributed by atoms with Crippen molar-refractivity contribution in [3.63, 3.8) is 0 Å². The van der Waals surface area contributed by atoms with Gasteiger partial charge in [-0.3, -0.25) is 0 Å². The van der Waals surface area contributed by atoms with E-state index in [0.717, 1.165) is 5.56 Å². The van der Waals surface area contributed by atoms with E-state index in [2.05, 4.69) is 12.6 Å². The molecule has 0 unspecified atom stereocenters. The smallest absolute Gasteiger partial charge is 0.0994 e. The molecule has 0 aliphatic heterocycles. The maximum Gasteiger partial charge on any atom is 0.0994 e. The fraction of sp³-hybridized carbons (Fsp3) is 0.100. The number of benzene rings is 1. The van der Waals surface area contributed by atoms with Crippen LogP contribution in [0.2, 0.25) is 0 Å². The molecule has 0 fully saturated rings. The quantitative estimate of drug-likeness (QED) is 0.682. The maximum absolute atomic E-state index is 8.71. The van der Waals surface area contributed by atoms with Crippen LogP contribution in [0.3, 0.4) is 0 Å². The fourth-order valence-electron chi connectivity index (χ4n) is 0.990. The van der Waals surface area contributed by atoms with Crippen LogP contribution in [0.4, 0.5) is 0 Å². The normalized spacial score (nSPS) is 9.00. The van der Waals surface area contributed by atoms with Crippen LogP contribution in [0.5, 0.6) is 0 Å². The number of nitrogens with zero attached hydrogens (tertiary/aromatic N) is 1. The van der Waals surface area contributed by atoms with E-state index in [-0.39, 0.29) is 0 Å². The van der Waals surface area contributed by atoms with E-state index in [9.17, 15) is 0 Å². The molecule has 0 bridgehead atoms. The number of rotatable bonds is 2. The average molecular weight is 178 g/mol. The second kappa shape index (κ2) is 3.94. The van der Waals surface area contributed by atoms with Gasteiger partial charge in [-0.1, -0.05) is 36.4 Å². The highest BCUT2D eigenvalue weighted by Crippen LogP contribution is 2.13. The van der Waals surface area contributed by atoms with Crippen molar-refractivity contribution in [2.24, 2.45) is 0 Å². The van der Waals surface area contributed by atoms with Crippen LogP contribution in [0.1, 0.15) is 11.1 Å². The monoisotopic (exact) mass is 177 g/mol. The fourth-order valence-corrected chi connectivity index (χ4v) is 1.13. The van der Waals surface area contributed by atoms with Crippen molar-refractivity contribution < 1.29 is 0 Å². The number of hydrogen-bond acceptors (Lipinski definition) is 1. The van der Waals surface area contributed by atoms with Crippen molar-refractivity contribution >= 4 is 11.6 Å². The first-order valence-corrected chi connectivity index (χ1v) is 3.93. The van der Waals surface area contributed by atoms with Crippen LogP contribution in [0, 0.1) is 11.3 Å². The summed E-state index contributed by atoms with van der Waals surface area (Å²) >= 11 is 5.64. The lowest BCUT2D eigenvalue weighted by Gasteiger charge is -2.00. The minimum atomic E-state index is 0.553. The molecule has 0 N–H and O–H groups in total. The Hall–Kier alpha value is -1.26. The third kappa shape index (κ3) is 2.11. The molecule has 0 aromatic heterocycles. The first-order valence-electron chi connectivity index (χ1n) is 3.55. The molecule has 12 heavy (non-hydrogen) atoms. The number of halogens is 1. The van der Waals surface area contributed by atoms with E-state index in [1.807, 2.05) is 18.2 Å². The predicted molar refractivity (Wildman–Crippen MR) is 49.9 cm³/mol. The molecule has 0 saturated heterocycles. The Morgan fingerprint density at radius 3 is 2.75 bits per heavy atom. The Kier molecular flexibility index (Phi) is 2.90. The van der Waals surface area contributed by atoms with Gasteiger partial charge in [-0.05, 0) is 11.6 Å². The summed E-state index contributed by atoms with van der Waals surface area (Å²) in [6.45, 7) is 3.58. The van der Waals surface area contributed by atoms with Gasteiger partial charge in [0.2, 0.25) is 0 Å². The highest BCUT2D eigenvalue weighted by atomic mass is 35.5. The van der Waals surface area contributed by atoms with Crippen molar-refractivity contribution in [1.82, 2.24) is 0 Å². The molecule has 60 valence electrons. The van der Waals surface area contributed by atoms with Crippen LogP contribution in [-0.4, -0.2) is 0 Å². The molecule has 1 aromatic carbocycles. The third-order valence-electron chi connectivity index (χ3n) is 1.52. The minimum absolute atomic E-state index is 0.553. The van der Waals surface area contributed by atoms with Crippen molar-refractivity contribution in [1.29, 1.82) is 5.26 Å². The Balaban J connectivity index is 2.99. The van der Waals surface area contributed by atoms with Gasteiger partial charge in [-0.15, -0.1) is 0 Å². The van der Waals surface area contributed by atoms with E-state index in [1.54, 1.807) is 6.07 Å². The van der Waals surface area contributed by atoms with Crippen LogP contribution in [-0.2, 0) is 6.42 Å². The summed E-state index contributed by atoms with van der Waals surface area (Å²) in [4.78, 5) is 0. The Bertz CT molecular complexity index is 336. The molecule has 0 atom stereocenters. The zero-order valence-electron chi connectivity index (χ0n) is 6.55. The van der Waals surface area contributed by atoms with E-state index in [4.69, 9.17) is 16.9 Å². The summed E-state index contributed by atoms with van der Waals surface area (Å²) in [5.74, 6) is 0. The van der Waals surface area contributed by atoms with Gasteiger partial charge in [0.25, 0.3) is 0 Å². The van der Waals surface area contributed by atoms with Crippen LogP contribution >= 0.6 is 11.6 Å². The van der Waals surface area contributed by atoms with Gasteiger partial charge in [-0.25, -0.2) is 0 Å². The zero-order valence-corrected chi connectivity index (χ0v) is 7.30. The van der Waals surface area contributed by atoms with E-state index < -0.39 is 0 Å². The molecule has 0 radical (unpaired) electrons. The summed E-state index contributed by atoms with van der Waals surface area (Å²) in [5, 5.41) is 9.26. The molecule has 0 amide bonds. The molecule has 0 heterocycles. The lowest BCUT2D eigenvalue weighted by Crippen LogP contribution is -1.88. The van der Waals surface area contributed by atoms with Gasteiger partial charge in [0.15, 0.2) is 0 Å². The maximum atomic E-state index is 8.71. The van der Waals surface area contributed by atoms with Gasteiger partial charge in [0.1, 0.15) is 0 Å². The van der Waals surface area contributed by atoms with Crippen LogP contribution < -0.4 is 0 Å².